The second-order valence-corrected chi connectivity index (χ2v) is 7.15. The summed E-state index contributed by atoms with van der Waals surface area (Å²) in [6.07, 6.45) is 7.21. The number of hydrogen-bond donors (Lipinski definition) is 0. The number of benzene rings is 1. The Balaban J connectivity index is 1.49. The average molecular weight is 357 g/mol. The fourth-order valence-corrected chi connectivity index (χ4v) is 3.65. The first-order valence-electron chi connectivity index (χ1n) is 9.47. The summed E-state index contributed by atoms with van der Waals surface area (Å²) in [5, 5.41) is 0.871. The quantitative estimate of drug-likeness (QED) is 0.578. The molecule has 1 aliphatic carbocycles. The van der Waals surface area contributed by atoms with Gasteiger partial charge >= 0.3 is 5.63 Å². The second-order valence-electron chi connectivity index (χ2n) is 7.15. The number of ether oxygens (including phenoxy) is 1. The van der Waals surface area contributed by atoms with Gasteiger partial charge in [0.15, 0.2) is 0 Å². The Morgan fingerprint density at radius 2 is 2.00 bits per heavy atom. The average Bonchev–Trinajstić information content (AvgIpc) is 2.65. The molecule has 0 saturated heterocycles. The van der Waals surface area contributed by atoms with E-state index in [1.54, 1.807) is 12.1 Å². The lowest BCUT2D eigenvalue weighted by Crippen LogP contribution is -2.38. The van der Waals surface area contributed by atoms with E-state index in [1.807, 2.05) is 24.9 Å². The zero-order valence-electron chi connectivity index (χ0n) is 15.6. The van der Waals surface area contributed by atoms with Gasteiger partial charge in [0.05, 0.1) is 6.61 Å². The van der Waals surface area contributed by atoms with Crippen LogP contribution in [0.25, 0.3) is 11.0 Å². The van der Waals surface area contributed by atoms with Crippen molar-refractivity contribution in [3.8, 4) is 5.75 Å². The third-order valence-corrected chi connectivity index (χ3v) is 5.24. The second kappa shape index (κ2) is 8.39. The van der Waals surface area contributed by atoms with Crippen molar-refractivity contribution in [2.45, 2.75) is 57.9 Å². The molecular weight excluding hydrogens is 330 g/mol. The third-order valence-electron chi connectivity index (χ3n) is 5.24. The monoisotopic (exact) mass is 357 g/mol. The molecule has 1 fully saturated rings. The Hall–Kier alpha value is -2.30. The highest BCUT2D eigenvalue weighted by molar-refractivity contribution is 5.81. The lowest BCUT2D eigenvalue weighted by Gasteiger charge is -2.31. The van der Waals surface area contributed by atoms with E-state index in [0.717, 1.165) is 29.5 Å². The van der Waals surface area contributed by atoms with Crippen molar-refractivity contribution in [3.05, 3.63) is 40.2 Å². The van der Waals surface area contributed by atoms with Crippen LogP contribution in [-0.4, -0.2) is 30.5 Å². The molecule has 5 nitrogen and oxygen atoms in total. The summed E-state index contributed by atoms with van der Waals surface area (Å²) in [4.78, 5) is 25.7. The van der Waals surface area contributed by atoms with E-state index in [2.05, 4.69) is 0 Å². The number of aryl methyl sites for hydroxylation is 1. The van der Waals surface area contributed by atoms with Crippen molar-refractivity contribution in [1.29, 1.82) is 0 Å². The Morgan fingerprint density at radius 3 is 2.77 bits per heavy atom. The van der Waals surface area contributed by atoms with Crippen LogP contribution in [0.2, 0.25) is 0 Å². The lowest BCUT2D eigenvalue weighted by molar-refractivity contribution is -0.132. The highest BCUT2D eigenvalue weighted by Crippen LogP contribution is 2.24. The van der Waals surface area contributed by atoms with Gasteiger partial charge in [0.1, 0.15) is 11.3 Å². The Labute approximate surface area is 153 Å². The van der Waals surface area contributed by atoms with Gasteiger partial charge in [-0.05, 0) is 49.9 Å². The fourth-order valence-electron chi connectivity index (χ4n) is 3.65. The van der Waals surface area contributed by atoms with E-state index in [9.17, 15) is 9.59 Å². The molecule has 3 rings (SSSR count). The molecule has 5 heteroatoms. The van der Waals surface area contributed by atoms with Gasteiger partial charge < -0.3 is 14.1 Å². The van der Waals surface area contributed by atoms with Gasteiger partial charge in [-0.15, -0.1) is 0 Å². The van der Waals surface area contributed by atoms with Gasteiger partial charge in [-0.2, -0.15) is 0 Å². The molecule has 1 amide bonds. The smallest absolute Gasteiger partial charge is 0.336 e. The summed E-state index contributed by atoms with van der Waals surface area (Å²) in [7, 11) is 1.93. The van der Waals surface area contributed by atoms with Gasteiger partial charge in [-0.3, -0.25) is 4.79 Å². The number of fused-ring (bicyclic) bond motifs is 1. The predicted octanol–water partition coefficient (Wildman–Crippen LogP) is 4.05. The van der Waals surface area contributed by atoms with Crippen molar-refractivity contribution >= 4 is 16.9 Å². The molecule has 1 aromatic carbocycles. The number of nitrogens with zero attached hydrogens (tertiary/aromatic N) is 1. The fraction of sp³-hybridized carbons (Fsp3) is 0.524. The molecule has 0 aliphatic heterocycles. The summed E-state index contributed by atoms with van der Waals surface area (Å²) in [6, 6.07) is 7.31. The zero-order chi connectivity index (χ0) is 18.5. The summed E-state index contributed by atoms with van der Waals surface area (Å²) >= 11 is 0. The van der Waals surface area contributed by atoms with Crippen LogP contribution >= 0.6 is 0 Å². The van der Waals surface area contributed by atoms with Gasteiger partial charge in [0, 0.05) is 31.0 Å². The minimum absolute atomic E-state index is 0.205. The maximum atomic E-state index is 12.3. The highest BCUT2D eigenvalue weighted by Gasteiger charge is 2.21. The summed E-state index contributed by atoms with van der Waals surface area (Å²) in [5.41, 5.74) is 1.09. The van der Waals surface area contributed by atoms with Crippen LogP contribution in [0.3, 0.4) is 0 Å². The summed E-state index contributed by atoms with van der Waals surface area (Å²) in [6.45, 7) is 2.37. The standard InChI is InChI=1S/C21H27NO4/c1-15-13-21(24)26-19-11-10-17(14-18(15)19)25-12-6-9-20(23)22(2)16-7-4-3-5-8-16/h10-11,13-14,16H,3-9,12H2,1-2H3. The van der Waals surface area contributed by atoms with Crippen molar-refractivity contribution in [2.24, 2.45) is 0 Å². The lowest BCUT2D eigenvalue weighted by atomic mass is 9.94. The Bertz CT molecular complexity index is 820. The first-order chi connectivity index (χ1) is 12.5. The van der Waals surface area contributed by atoms with Gasteiger partial charge in [-0.1, -0.05) is 19.3 Å². The van der Waals surface area contributed by atoms with Crippen molar-refractivity contribution < 1.29 is 13.9 Å². The first kappa shape index (κ1) is 18.5. The van der Waals surface area contributed by atoms with E-state index >= 15 is 0 Å². The number of carbonyl (C=O) groups excluding carboxylic acids is 1. The maximum absolute atomic E-state index is 12.3. The van der Waals surface area contributed by atoms with E-state index in [4.69, 9.17) is 9.15 Å². The molecule has 26 heavy (non-hydrogen) atoms. The number of amides is 1. The molecule has 0 spiro atoms. The van der Waals surface area contributed by atoms with Crippen LogP contribution in [0, 0.1) is 6.92 Å². The SMILES string of the molecule is Cc1cc(=O)oc2ccc(OCCCC(=O)N(C)C3CCCCC3)cc12. The molecule has 2 aromatic rings. The molecule has 1 heterocycles. The van der Waals surface area contributed by atoms with Crippen LogP contribution < -0.4 is 10.4 Å². The minimum Gasteiger partial charge on any atom is -0.494 e. The molecule has 0 bridgehead atoms. The van der Waals surface area contributed by atoms with E-state index in [1.165, 1.54) is 25.3 Å². The van der Waals surface area contributed by atoms with Crippen LogP contribution in [0.1, 0.15) is 50.5 Å². The molecule has 1 aliphatic rings. The van der Waals surface area contributed by atoms with Gasteiger partial charge in [0.25, 0.3) is 0 Å². The first-order valence-corrected chi connectivity index (χ1v) is 9.47. The van der Waals surface area contributed by atoms with Gasteiger partial charge in [-0.25, -0.2) is 4.79 Å². The number of hydrogen-bond acceptors (Lipinski definition) is 4. The topological polar surface area (TPSA) is 59.8 Å². The Kier molecular flexibility index (Phi) is 5.96. The number of carbonyl (C=O) groups is 1. The van der Waals surface area contributed by atoms with Crippen LogP contribution in [0.5, 0.6) is 5.75 Å². The molecule has 0 atom stereocenters. The van der Waals surface area contributed by atoms with Crippen molar-refractivity contribution in [1.82, 2.24) is 4.90 Å². The van der Waals surface area contributed by atoms with Crippen LogP contribution in [0.15, 0.2) is 33.5 Å². The predicted molar refractivity (Wildman–Crippen MR) is 102 cm³/mol. The number of rotatable bonds is 6. The van der Waals surface area contributed by atoms with Crippen molar-refractivity contribution in [3.63, 3.8) is 0 Å². The summed E-state index contributed by atoms with van der Waals surface area (Å²) < 4.78 is 11.0. The van der Waals surface area contributed by atoms with Crippen molar-refractivity contribution in [2.75, 3.05) is 13.7 Å². The zero-order valence-corrected chi connectivity index (χ0v) is 15.6. The van der Waals surface area contributed by atoms with Gasteiger partial charge in [0.2, 0.25) is 5.91 Å². The molecule has 1 aromatic heterocycles. The highest BCUT2D eigenvalue weighted by atomic mass is 16.5. The van der Waals surface area contributed by atoms with E-state index < -0.39 is 0 Å². The normalized spacial score (nSPS) is 15.2. The maximum Gasteiger partial charge on any atom is 0.336 e. The van der Waals surface area contributed by atoms with E-state index in [-0.39, 0.29) is 11.5 Å². The van der Waals surface area contributed by atoms with E-state index in [0.29, 0.717) is 31.1 Å². The molecular formula is C21H27NO4. The molecule has 0 unspecified atom stereocenters. The third kappa shape index (κ3) is 4.45. The van der Waals surface area contributed by atoms with Crippen LogP contribution in [0.4, 0.5) is 0 Å². The molecule has 1 saturated carbocycles. The molecule has 140 valence electrons. The minimum atomic E-state index is -0.343. The van der Waals surface area contributed by atoms with Crippen LogP contribution in [-0.2, 0) is 4.79 Å². The molecule has 0 radical (unpaired) electrons. The largest absolute Gasteiger partial charge is 0.494 e. The summed E-state index contributed by atoms with van der Waals surface area (Å²) in [5.74, 6) is 0.930. The Morgan fingerprint density at radius 1 is 1.23 bits per heavy atom. The molecule has 0 N–H and O–H groups in total.